The van der Waals surface area contributed by atoms with Gasteiger partial charge in [-0.2, -0.15) is 36.7 Å². The molecule has 2 aromatic heterocycles. The number of nitrogens with one attached hydrogen (secondary N) is 2. The topological polar surface area (TPSA) is 31.6 Å². The van der Waals surface area contributed by atoms with Crippen molar-refractivity contribution in [2.75, 3.05) is 0 Å². The minimum atomic E-state index is 0. The van der Waals surface area contributed by atoms with E-state index < -0.39 is 0 Å². The van der Waals surface area contributed by atoms with Gasteiger partial charge in [0.25, 0.3) is 0 Å². The zero-order valence-corrected chi connectivity index (χ0v) is 6.77. The van der Waals surface area contributed by atoms with Crippen LogP contribution in [0.5, 0.6) is 0 Å². The first-order chi connectivity index (χ1) is 5.00. The van der Waals surface area contributed by atoms with Crippen LogP contribution < -0.4 is 0 Å². The molecular weight excluding hydrogens is 183 g/mol. The first-order valence-corrected chi connectivity index (χ1v) is 2.99. The Morgan fingerprint density at radius 3 is 1.36 bits per heavy atom. The van der Waals surface area contributed by atoms with Crippen molar-refractivity contribution in [2.24, 2.45) is 0 Å². The van der Waals surface area contributed by atoms with E-state index in [1.807, 2.05) is 36.7 Å². The van der Waals surface area contributed by atoms with E-state index in [2.05, 4.69) is 22.4 Å². The average Bonchev–Trinajstić information content (AvgIpc) is 2.67. The van der Waals surface area contributed by atoms with Crippen LogP contribution >= 0.6 is 0 Å². The maximum Gasteiger partial charge on any atom is 2.00 e. The van der Waals surface area contributed by atoms with E-state index in [0.29, 0.717) is 0 Å². The van der Waals surface area contributed by atoms with E-state index >= 15 is 0 Å². The molecule has 0 saturated carbocycles. The van der Waals surface area contributed by atoms with Gasteiger partial charge in [-0.05, 0) is 0 Å². The van der Waals surface area contributed by atoms with Gasteiger partial charge in [-0.25, -0.2) is 0 Å². The van der Waals surface area contributed by atoms with Crippen LogP contribution in [0, 0.1) is 12.4 Å². The second-order valence-corrected chi connectivity index (χ2v) is 1.63. The van der Waals surface area contributed by atoms with Crippen LogP contribution in [0.4, 0.5) is 0 Å². The summed E-state index contributed by atoms with van der Waals surface area (Å²) in [6.07, 6.45) is 9.11. The molecule has 0 fully saturated rings. The molecule has 0 aliphatic rings. The van der Waals surface area contributed by atoms with E-state index in [4.69, 9.17) is 0 Å². The van der Waals surface area contributed by atoms with Gasteiger partial charge in [-0.3, -0.25) is 0 Å². The number of hydrogen-bond acceptors (Lipinski definition) is 0. The van der Waals surface area contributed by atoms with Crippen LogP contribution in [-0.4, -0.2) is 9.97 Å². The smallest absolute Gasteiger partial charge is 0.484 e. The van der Waals surface area contributed by atoms with Crippen LogP contribution in [0.1, 0.15) is 0 Å². The third-order valence-electron chi connectivity index (χ3n) is 0.885. The maximum absolute atomic E-state index is 2.74. The first kappa shape index (κ1) is 10.1. The van der Waals surface area contributed by atoms with Crippen LogP contribution in [0.25, 0.3) is 0 Å². The van der Waals surface area contributed by atoms with E-state index in [-0.39, 0.29) is 16.5 Å². The molecule has 60 valence electrons. The van der Waals surface area contributed by atoms with E-state index in [9.17, 15) is 0 Å². The molecule has 0 aliphatic carbocycles. The molecule has 0 radical (unpaired) electrons. The van der Waals surface area contributed by atoms with Gasteiger partial charge in [0.1, 0.15) is 0 Å². The molecule has 0 unspecified atom stereocenters. The molecule has 0 aromatic carbocycles. The largest absolute Gasteiger partial charge is 2.00 e. The van der Waals surface area contributed by atoms with Crippen molar-refractivity contribution in [3.63, 3.8) is 0 Å². The van der Waals surface area contributed by atoms with Gasteiger partial charge < -0.3 is 9.97 Å². The molecular formula is C8H8N2Ni. The Morgan fingerprint density at radius 1 is 0.818 bits per heavy atom. The summed E-state index contributed by atoms with van der Waals surface area (Å²) >= 11 is 0. The molecule has 2 heterocycles. The molecule has 2 N–H and O–H groups in total. The second kappa shape index (κ2) is 7.16. The molecule has 2 nitrogen and oxygen atoms in total. The van der Waals surface area contributed by atoms with Crippen molar-refractivity contribution in [3.8, 4) is 0 Å². The quantitative estimate of drug-likeness (QED) is 0.468. The van der Waals surface area contributed by atoms with Crippen molar-refractivity contribution >= 4 is 0 Å². The van der Waals surface area contributed by atoms with Crippen LogP contribution in [0.15, 0.2) is 36.7 Å². The summed E-state index contributed by atoms with van der Waals surface area (Å²) in [5.74, 6) is 0. The normalized spacial score (nSPS) is 7.27. The predicted octanol–water partition coefficient (Wildman–Crippen LogP) is 1.63. The maximum atomic E-state index is 2.74. The minimum Gasteiger partial charge on any atom is -0.484 e. The minimum absolute atomic E-state index is 0. The predicted molar refractivity (Wildman–Crippen MR) is 39.3 cm³/mol. The molecule has 0 bridgehead atoms. The van der Waals surface area contributed by atoms with Crippen LogP contribution in [0.2, 0.25) is 0 Å². The molecule has 0 atom stereocenters. The number of H-pyrrole nitrogens is 2. The third kappa shape index (κ3) is 5.50. The summed E-state index contributed by atoms with van der Waals surface area (Å²) in [6, 6.07) is 7.42. The van der Waals surface area contributed by atoms with Gasteiger partial charge in [-0.15, -0.1) is 12.4 Å². The van der Waals surface area contributed by atoms with Crippen LogP contribution in [0.3, 0.4) is 0 Å². The summed E-state index contributed by atoms with van der Waals surface area (Å²) < 4.78 is 0. The Bertz CT molecular complexity index is 151. The third-order valence-corrected chi connectivity index (χ3v) is 0.885. The Kier molecular flexibility index (Phi) is 6.55. The van der Waals surface area contributed by atoms with Crippen molar-refractivity contribution in [1.29, 1.82) is 0 Å². The molecule has 11 heavy (non-hydrogen) atoms. The monoisotopic (exact) mass is 190 g/mol. The average molecular weight is 191 g/mol. The second-order valence-electron chi connectivity index (χ2n) is 1.63. The van der Waals surface area contributed by atoms with Crippen molar-refractivity contribution < 1.29 is 16.5 Å². The van der Waals surface area contributed by atoms with Gasteiger partial charge in [0.2, 0.25) is 0 Å². The van der Waals surface area contributed by atoms with Crippen molar-refractivity contribution in [3.05, 3.63) is 49.1 Å². The standard InChI is InChI=1S/2C4H4N.Ni/c2*1-2-4-5-3-1;/h2*1-3,5H;/q2*-1;+2. The van der Waals surface area contributed by atoms with Crippen molar-refractivity contribution in [2.45, 2.75) is 0 Å². The van der Waals surface area contributed by atoms with Gasteiger partial charge in [-0.1, -0.05) is 0 Å². The zero-order valence-electron chi connectivity index (χ0n) is 5.78. The van der Waals surface area contributed by atoms with E-state index in [0.717, 1.165) is 0 Å². The summed E-state index contributed by atoms with van der Waals surface area (Å²) in [7, 11) is 0. The van der Waals surface area contributed by atoms with Gasteiger partial charge in [0, 0.05) is 0 Å². The fourth-order valence-corrected chi connectivity index (χ4v) is 0.481. The number of rotatable bonds is 0. The van der Waals surface area contributed by atoms with Gasteiger partial charge >= 0.3 is 16.5 Å². The SMILES string of the molecule is [Ni+2].[c-]1ccc[nH]1.[c-]1ccc[nH]1. The Balaban J connectivity index is 0.000000167. The molecule has 2 aromatic rings. The van der Waals surface area contributed by atoms with Gasteiger partial charge in [0.05, 0.1) is 0 Å². The Morgan fingerprint density at radius 2 is 1.27 bits per heavy atom. The summed E-state index contributed by atoms with van der Waals surface area (Å²) in [4.78, 5) is 5.47. The van der Waals surface area contributed by atoms with Gasteiger partial charge in [0.15, 0.2) is 0 Å². The number of hydrogen-bond donors (Lipinski definition) is 2. The molecule has 0 saturated heterocycles. The summed E-state index contributed by atoms with van der Waals surface area (Å²) in [5, 5.41) is 0. The molecule has 2 rings (SSSR count). The first-order valence-electron chi connectivity index (χ1n) is 2.99. The van der Waals surface area contributed by atoms with Crippen molar-refractivity contribution in [1.82, 2.24) is 9.97 Å². The van der Waals surface area contributed by atoms with Crippen LogP contribution in [-0.2, 0) is 16.5 Å². The fraction of sp³-hybridized carbons (Fsp3) is 0. The van der Waals surface area contributed by atoms with E-state index in [1.165, 1.54) is 0 Å². The molecule has 0 amide bonds. The molecule has 0 spiro atoms. The van der Waals surface area contributed by atoms with E-state index in [1.54, 1.807) is 0 Å². The Labute approximate surface area is 76.0 Å². The molecule has 3 heteroatoms. The number of aromatic amines is 2. The summed E-state index contributed by atoms with van der Waals surface area (Å²) in [6.45, 7) is 0. The Hall–Kier alpha value is -0.946. The fourth-order valence-electron chi connectivity index (χ4n) is 0.481. The molecule has 0 aliphatic heterocycles. The summed E-state index contributed by atoms with van der Waals surface area (Å²) in [5.41, 5.74) is 0. The number of aromatic nitrogens is 2. The zero-order chi connectivity index (χ0) is 7.07.